The summed E-state index contributed by atoms with van der Waals surface area (Å²) in [5.41, 5.74) is 1.88. The highest BCUT2D eigenvalue weighted by Crippen LogP contribution is 2.32. The van der Waals surface area contributed by atoms with Crippen LogP contribution in [0.4, 0.5) is 10.1 Å². The molecule has 0 unspecified atom stereocenters. The zero-order valence-electron chi connectivity index (χ0n) is 9.06. The summed E-state index contributed by atoms with van der Waals surface area (Å²) in [5.74, 6) is -0.216. The van der Waals surface area contributed by atoms with Crippen molar-refractivity contribution in [1.29, 1.82) is 0 Å². The summed E-state index contributed by atoms with van der Waals surface area (Å²) in [7, 11) is 0. The van der Waals surface area contributed by atoms with Gasteiger partial charge in [-0.2, -0.15) is 0 Å². The van der Waals surface area contributed by atoms with Crippen LogP contribution in [0.15, 0.2) is 32.5 Å². The maximum absolute atomic E-state index is 13.1. The van der Waals surface area contributed by atoms with Crippen LogP contribution in [0.1, 0.15) is 10.4 Å². The molecule has 2 aromatic rings. The molecule has 0 radical (unpaired) electrons. The first kappa shape index (κ1) is 13.1. The van der Waals surface area contributed by atoms with Crippen LogP contribution in [0.3, 0.4) is 0 Å². The van der Waals surface area contributed by atoms with E-state index < -0.39 is 0 Å². The first-order valence-corrected chi connectivity index (χ1v) is 7.40. The van der Waals surface area contributed by atoms with Crippen molar-refractivity contribution in [3.63, 3.8) is 0 Å². The fourth-order valence-electron chi connectivity index (χ4n) is 1.45. The number of hydrogen-bond donors (Lipinski definition) is 1. The van der Waals surface area contributed by atoms with Crippen molar-refractivity contribution in [3.05, 3.63) is 48.8 Å². The molecule has 1 heterocycles. The third kappa shape index (κ3) is 3.30. The number of rotatable bonds is 3. The van der Waals surface area contributed by atoms with E-state index in [0.29, 0.717) is 6.54 Å². The van der Waals surface area contributed by atoms with Crippen LogP contribution in [-0.2, 0) is 6.54 Å². The van der Waals surface area contributed by atoms with Crippen molar-refractivity contribution in [1.82, 2.24) is 0 Å². The lowest BCUT2D eigenvalue weighted by atomic mass is 10.2. The molecule has 1 N–H and O–H groups in total. The van der Waals surface area contributed by atoms with Crippen LogP contribution in [0.25, 0.3) is 0 Å². The lowest BCUT2D eigenvalue weighted by Crippen LogP contribution is -1.99. The molecule has 0 saturated carbocycles. The lowest BCUT2D eigenvalue weighted by molar-refractivity contribution is 0.628. The second-order valence-corrected chi connectivity index (χ2v) is 6.96. The van der Waals surface area contributed by atoms with E-state index in [2.05, 4.69) is 43.2 Å². The molecule has 0 fully saturated rings. The number of halogens is 3. The predicted molar refractivity (Wildman–Crippen MR) is 78.2 cm³/mol. The van der Waals surface area contributed by atoms with E-state index in [1.807, 2.05) is 6.92 Å². The van der Waals surface area contributed by atoms with Gasteiger partial charge in [-0.25, -0.2) is 4.39 Å². The van der Waals surface area contributed by atoms with Crippen LogP contribution in [0.5, 0.6) is 0 Å². The molecule has 90 valence electrons. The lowest BCUT2D eigenvalue weighted by Gasteiger charge is -2.08. The molecule has 0 bridgehead atoms. The number of benzene rings is 1. The van der Waals surface area contributed by atoms with Gasteiger partial charge >= 0.3 is 0 Å². The van der Waals surface area contributed by atoms with E-state index in [9.17, 15) is 4.39 Å². The highest BCUT2D eigenvalue weighted by Gasteiger charge is 2.05. The minimum absolute atomic E-state index is 0.216. The van der Waals surface area contributed by atoms with E-state index in [4.69, 9.17) is 0 Å². The molecule has 0 amide bonds. The largest absolute Gasteiger partial charge is 0.380 e. The normalized spacial score (nSPS) is 10.6. The Morgan fingerprint density at radius 3 is 2.71 bits per heavy atom. The van der Waals surface area contributed by atoms with Crippen LogP contribution in [0, 0.1) is 12.7 Å². The Morgan fingerprint density at radius 2 is 2.06 bits per heavy atom. The average molecular weight is 379 g/mol. The van der Waals surface area contributed by atoms with Crippen LogP contribution < -0.4 is 5.32 Å². The molecular weight excluding hydrogens is 369 g/mol. The van der Waals surface area contributed by atoms with Gasteiger partial charge in [0.15, 0.2) is 0 Å². The Balaban J connectivity index is 2.09. The summed E-state index contributed by atoms with van der Waals surface area (Å²) in [5, 5.41) is 3.24. The molecule has 17 heavy (non-hydrogen) atoms. The molecule has 1 aromatic carbocycles. The minimum atomic E-state index is -0.216. The summed E-state index contributed by atoms with van der Waals surface area (Å²) in [6, 6.07) is 6.82. The summed E-state index contributed by atoms with van der Waals surface area (Å²) < 4.78 is 15.2. The minimum Gasteiger partial charge on any atom is -0.380 e. The van der Waals surface area contributed by atoms with E-state index in [1.165, 1.54) is 17.0 Å². The molecule has 0 aliphatic carbocycles. The maximum Gasteiger partial charge on any atom is 0.125 e. The molecule has 0 saturated heterocycles. The predicted octanol–water partition coefficient (Wildman–Crippen LogP) is 5.33. The van der Waals surface area contributed by atoms with Gasteiger partial charge < -0.3 is 5.32 Å². The molecule has 5 heteroatoms. The van der Waals surface area contributed by atoms with Gasteiger partial charge in [0.1, 0.15) is 5.82 Å². The van der Waals surface area contributed by atoms with Gasteiger partial charge in [0, 0.05) is 21.6 Å². The fraction of sp³-hybridized carbons (Fsp3) is 0.167. The van der Waals surface area contributed by atoms with Gasteiger partial charge in [-0.05, 0) is 62.5 Å². The van der Waals surface area contributed by atoms with E-state index >= 15 is 0 Å². The van der Waals surface area contributed by atoms with Gasteiger partial charge in [0.05, 0.1) is 3.79 Å². The fourth-order valence-corrected chi connectivity index (χ4v) is 3.56. The summed E-state index contributed by atoms with van der Waals surface area (Å²) >= 11 is 8.55. The third-order valence-electron chi connectivity index (χ3n) is 2.35. The van der Waals surface area contributed by atoms with Crippen LogP contribution in [0.2, 0.25) is 0 Å². The Labute approximate surface area is 120 Å². The summed E-state index contributed by atoms with van der Waals surface area (Å²) in [6.07, 6.45) is 0. The molecule has 1 aromatic heterocycles. The zero-order valence-corrected chi connectivity index (χ0v) is 13.0. The Morgan fingerprint density at radius 1 is 1.29 bits per heavy atom. The third-order valence-corrected chi connectivity index (χ3v) is 5.61. The monoisotopic (exact) mass is 377 g/mol. The Kier molecular flexibility index (Phi) is 4.22. The van der Waals surface area contributed by atoms with Gasteiger partial charge in [-0.1, -0.05) is 6.07 Å². The maximum atomic E-state index is 13.1. The highest BCUT2D eigenvalue weighted by atomic mass is 79.9. The number of anilines is 1. The van der Waals surface area contributed by atoms with Crippen LogP contribution >= 0.6 is 43.2 Å². The van der Waals surface area contributed by atoms with Crippen molar-refractivity contribution in [3.8, 4) is 0 Å². The van der Waals surface area contributed by atoms with Gasteiger partial charge in [-0.3, -0.25) is 0 Å². The van der Waals surface area contributed by atoms with E-state index in [0.717, 1.165) is 19.5 Å². The van der Waals surface area contributed by atoms with Gasteiger partial charge in [0.2, 0.25) is 0 Å². The topological polar surface area (TPSA) is 12.0 Å². The van der Waals surface area contributed by atoms with Crippen molar-refractivity contribution in [2.24, 2.45) is 0 Å². The van der Waals surface area contributed by atoms with Crippen molar-refractivity contribution >= 4 is 48.9 Å². The van der Waals surface area contributed by atoms with E-state index in [-0.39, 0.29) is 5.82 Å². The quantitative estimate of drug-likeness (QED) is 0.760. The Bertz CT molecular complexity index is 520. The standard InChI is InChI=1S/C12H10Br2FNS/c1-7-2-3-8(15)4-11(7)16-6-9-5-10(13)12(14)17-9/h2-5,16H,6H2,1H3. The highest BCUT2D eigenvalue weighted by molar-refractivity contribution is 9.13. The number of nitrogens with one attached hydrogen (secondary N) is 1. The van der Waals surface area contributed by atoms with Crippen molar-refractivity contribution in [2.75, 3.05) is 5.32 Å². The number of thiophene rings is 1. The number of aryl methyl sites for hydroxylation is 1. The summed E-state index contributed by atoms with van der Waals surface area (Å²) in [4.78, 5) is 1.19. The van der Waals surface area contributed by atoms with Crippen molar-refractivity contribution < 1.29 is 4.39 Å². The Hall–Kier alpha value is -0.390. The molecule has 2 rings (SSSR count). The SMILES string of the molecule is Cc1ccc(F)cc1NCc1cc(Br)c(Br)s1. The molecule has 1 nitrogen and oxygen atoms in total. The smallest absolute Gasteiger partial charge is 0.125 e. The van der Waals surface area contributed by atoms with Crippen LogP contribution in [-0.4, -0.2) is 0 Å². The van der Waals surface area contributed by atoms with Gasteiger partial charge in [-0.15, -0.1) is 11.3 Å². The zero-order chi connectivity index (χ0) is 12.4. The molecule has 0 aliphatic heterocycles. The van der Waals surface area contributed by atoms with E-state index in [1.54, 1.807) is 17.4 Å². The second-order valence-electron chi connectivity index (χ2n) is 3.65. The molecular formula is C12H10Br2FNS. The summed E-state index contributed by atoms with van der Waals surface area (Å²) in [6.45, 7) is 2.65. The second kappa shape index (κ2) is 5.50. The average Bonchev–Trinajstić information content (AvgIpc) is 2.60. The van der Waals surface area contributed by atoms with Gasteiger partial charge in [0.25, 0.3) is 0 Å². The first-order valence-electron chi connectivity index (χ1n) is 5.00. The molecule has 0 aliphatic rings. The molecule has 0 spiro atoms. The number of hydrogen-bond acceptors (Lipinski definition) is 2. The first-order chi connectivity index (χ1) is 8.06. The molecule has 0 atom stereocenters. The van der Waals surface area contributed by atoms with Crippen molar-refractivity contribution in [2.45, 2.75) is 13.5 Å².